The van der Waals surface area contributed by atoms with E-state index in [1.165, 1.54) is 11.0 Å². The summed E-state index contributed by atoms with van der Waals surface area (Å²) in [5, 5.41) is 0. The van der Waals surface area contributed by atoms with Crippen LogP contribution in [0.5, 0.6) is 0 Å². The van der Waals surface area contributed by atoms with Gasteiger partial charge in [-0.25, -0.2) is 0 Å². The zero-order valence-electron chi connectivity index (χ0n) is 8.12. The zero-order chi connectivity index (χ0) is 9.31. The molecule has 1 heterocycles. The molecular weight excluding hydrogens is 155 g/mol. The van der Waals surface area contributed by atoms with Gasteiger partial charge >= 0.3 is 79.6 Å². The SMILES string of the molecule is Cc1bcccc1C1(C)C=CC=C1. The molecule has 1 aromatic rings. The standard InChI is InChI=1S/C12H13B/c1-10-11(6-5-9-13-10)12(2)7-3-4-8-12/h3-9H,1-2H3. The van der Waals surface area contributed by atoms with Crippen molar-refractivity contribution in [3.8, 4) is 0 Å². The normalized spacial score (nSPS) is 17.7. The van der Waals surface area contributed by atoms with E-state index in [0.29, 0.717) is 0 Å². The van der Waals surface area contributed by atoms with Gasteiger partial charge in [0.1, 0.15) is 0 Å². The van der Waals surface area contributed by atoms with Gasteiger partial charge in [-0.2, -0.15) is 0 Å². The molecule has 0 unspecified atom stereocenters. The fourth-order valence-electron chi connectivity index (χ4n) is 1.92. The maximum atomic E-state index is 2.25. The van der Waals surface area contributed by atoms with Crippen LogP contribution in [0.15, 0.2) is 42.4 Å². The first kappa shape index (κ1) is 8.49. The van der Waals surface area contributed by atoms with Crippen LogP contribution >= 0.6 is 0 Å². The zero-order valence-corrected chi connectivity index (χ0v) is 8.12. The van der Waals surface area contributed by atoms with Crippen LogP contribution in [0, 0.1) is 6.92 Å². The van der Waals surface area contributed by atoms with Gasteiger partial charge < -0.3 is 0 Å². The summed E-state index contributed by atoms with van der Waals surface area (Å²) in [6.07, 6.45) is 8.73. The van der Waals surface area contributed by atoms with Gasteiger partial charge in [0.15, 0.2) is 0 Å². The Morgan fingerprint density at radius 3 is 2.54 bits per heavy atom. The molecule has 13 heavy (non-hydrogen) atoms. The summed E-state index contributed by atoms with van der Waals surface area (Å²) in [4.78, 5) is 0. The maximum absolute atomic E-state index is 2.25. The molecule has 0 aliphatic heterocycles. The molecule has 1 aliphatic carbocycles. The fraction of sp³-hybridized carbons (Fsp3) is 0.250. The molecule has 0 nitrogen and oxygen atoms in total. The first-order chi connectivity index (χ1) is 6.22. The molecule has 0 saturated heterocycles. The second kappa shape index (κ2) is 2.99. The number of hydrogen-bond acceptors (Lipinski definition) is 0. The number of aryl methyl sites for hydroxylation is 1. The van der Waals surface area contributed by atoms with Crippen LogP contribution in [-0.4, -0.2) is 6.91 Å². The summed E-state index contributed by atoms with van der Waals surface area (Å²) in [5.74, 6) is 2.09. The molecule has 0 amide bonds. The monoisotopic (exact) mass is 168 g/mol. The van der Waals surface area contributed by atoms with Crippen molar-refractivity contribution < 1.29 is 0 Å². The first-order valence-corrected chi connectivity index (χ1v) is 4.65. The Hall–Kier alpha value is -1.11. The average molecular weight is 168 g/mol. The van der Waals surface area contributed by atoms with E-state index < -0.39 is 0 Å². The molecule has 0 atom stereocenters. The van der Waals surface area contributed by atoms with E-state index in [0.717, 1.165) is 0 Å². The van der Waals surface area contributed by atoms with Crippen molar-refractivity contribution in [2.24, 2.45) is 0 Å². The third-order valence-corrected chi connectivity index (χ3v) is 2.72. The Labute approximate surface area is 80.2 Å². The molecule has 0 aromatic carbocycles. The van der Waals surface area contributed by atoms with Crippen molar-refractivity contribution >= 4 is 6.91 Å². The number of rotatable bonds is 1. The molecular formula is C12H13B. The molecule has 1 aromatic heterocycles. The summed E-state index contributed by atoms with van der Waals surface area (Å²) < 4.78 is 0. The van der Waals surface area contributed by atoms with Crippen LogP contribution in [0.1, 0.15) is 17.9 Å². The van der Waals surface area contributed by atoms with E-state index in [-0.39, 0.29) is 5.41 Å². The Kier molecular flexibility index (Phi) is 1.95. The van der Waals surface area contributed by atoms with Crippen LogP contribution < -0.4 is 0 Å². The second-order valence-electron chi connectivity index (χ2n) is 3.82. The van der Waals surface area contributed by atoms with Gasteiger partial charge in [-0.1, -0.05) is 0 Å². The van der Waals surface area contributed by atoms with Crippen molar-refractivity contribution in [1.82, 2.24) is 0 Å². The van der Waals surface area contributed by atoms with E-state index in [9.17, 15) is 0 Å². The Bertz CT molecular complexity index is 362. The molecule has 1 aliphatic rings. The molecule has 0 N–H and O–H groups in total. The Balaban J connectivity index is 2.52. The van der Waals surface area contributed by atoms with Gasteiger partial charge in [0.2, 0.25) is 0 Å². The van der Waals surface area contributed by atoms with Gasteiger partial charge in [0.25, 0.3) is 0 Å². The van der Waals surface area contributed by atoms with Crippen LogP contribution in [0.25, 0.3) is 0 Å². The first-order valence-electron chi connectivity index (χ1n) is 4.65. The minimum absolute atomic E-state index is 0.116. The van der Waals surface area contributed by atoms with Gasteiger partial charge in [0.05, 0.1) is 0 Å². The van der Waals surface area contributed by atoms with Crippen LogP contribution in [0.2, 0.25) is 0 Å². The Morgan fingerprint density at radius 2 is 1.92 bits per heavy atom. The molecule has 0 radical (unpaired) electrons. The molecule has 2 rings (SSSR count). The third-order valence-electron chi connectivity index (χ3n) is 2.72. The average Bonchev–Trinajstić information content (AvgIpc) is 2.54. The van der Waals surface area contributed by atoms with Crippen molar-refractivity contribution in [3.05, 3.63) is 53.4 Å². The summed E-state index contributed by atoms with van der Waals surface area (Å²) in [6, 6.07) is 4.31. The van der Waals surface area contributed by atoms with Crippen molar-refractivity contribution in [2.75, 3.05) is 0 Å². The van der Waals surface area contributed by atoms with E-state index in [2.05, 4.69) is 63.2 Å². The van der Waals surface area contributed by atoms with E-state index in [1.54, 1.807) is 0 Å². The van der Waals surface area contributed by atoms with Crippen LogP contribution in [-0.2, 0) is 5.41 Å². The second-order valence-corrected chi connectivity index (χ2v) is 3.82. The summed E-state index contributed by atoms with van der Waals surface area (Å²) in [7, 11) is 0. The minimum atomic E-state index is 0.116. The molecule has 0 fully saturated rings. The Morgan fingerprint density at radius 1 is 1.23 bits per heavy atom. The molecule has 0 spiro atoms. The molecule has 64 valence electrons. The van der Waals surface area contributed by atoms with Crippen LogP contribution in [0.4, 0.5) is 0 Å². The van der Waals surface area contributed by atoms with E-state index in [1.807, 2.05) is 0 Å². The predicted octanol–water partition coefficient (Wildman–Crippen LogP) is 2.72. The van der Waals surface area contributed by atoms with E-state index >= 15 is 0 Å². The quantitative estimate of drug-likeness (QED) is 0.604. The van der Waals surface area contributed by atoms with Gasteiger partial charge in [0, 0.05) is 0 Å². The van der Waals surface area contributed by atoms with Gasteiger partial charge in [-0.05, 0) is 0 Å². The number of allylic oxidation sites excluding steroid dienone is 4. The van der Waals surface area contributed by atoms with Gasteiger partial charge in [-0.15, -0.1) is 0 Å². The summed E-state index contributed by atoms with van der Waals surface area (Å²) >= 11 is 0. The molecule has 1 heteroatoms. The van der Waals surface area contributed by atoms with Crippen molar-refractivity contribution in [1.29, 1.82) is 0 Å². The molecule has 0 bridgehead atoms. The number of hydrogen-bond donors (Lipinski definition) is 0. The molecule has 0 saturated carbocycles. The fourth-order valence-corrected chi connectivity index (χ4v) is 1.92. The topological polar surface area (TPSA) is 0 Å². The van der Waals surface area contributed by atoms with Crippen molar-refractivity contribution in [2.45, 2.75) is 19.3 Å². The van der Waals surface area contributed by atoms with Gasteiger partial charge in [-0.3, -0.25) is 0 Å². The van der Waals surface area contributed by atoms with E-state index in [4.69, 9.17) is 0 Å². The van der Waals surface area contributed by atoms with Crippen molar-refractivity contribution in [3.63, 3.8) is 0 Å². The third kappa shape index (κ3) is 1.39. The summed E-state index contributed by atoms with van der Waals surface area (Å²) in [6.45, 7) is 6.58. The predicted molar refractivity (Wildman–Crippen MR) is 58.2 cm³/mol. The van der Waals surface area contributed by atoms with Crippen LogP contribution in [0.3, 0.4) is 0 Å². The summed E-state index contributed by atoms with van der Waals surface area (Å²) in [5.41, 5.74) is 2.88.